The van der Waals surface area contributed by atoms with Gasteiger partial charge in [0.15, 0.2) is 5.75 Å². The standard InChI is InChI=1S/C9H14N2O2/c1-7(2)4-11-5-9(13-6-12)8(3)10-11/h5-7H,4H2,1-3H3. The van der Waals surface area contributed by atoms with Crippen molar-refractivity contribution in [2.45, 2.75) is 27.3 Å². The van der Waals surface area contributed by atoms with Crippen LogP contribution in [0.5, 0.6) is 5.75 Å². The van der Waals surface area contributed by atoms with Crippen molar-refractivity contribution in [1.82, 2.24) is 9.78 Å². The molecule has 0 fully saturated rings. The number of nitrogens with zero attached hydrogens (tertiary/aromatic N) is 2. The molecule has 1 heterocycles. The second-order valence-corrected chi connectivity index (χ2v) is 3.41. The topological polar surface area (TPSA) is 44.1 Å². The second kappa shape index (κ2) is 4.07. The molecule has 0 N–H and O–H groups in total. The summed E-state index contributed by atoms with van der Waals surface area (Å²) in [5.41, 5.74) is 0.743. The number of carbonyl (C=O) groups excluding carboxylic acids is 1. The van der Waals surface area contributed by atoms with Gasteiger partial charge in [-0.15, -0.1) is 0 Å². The molecule has 4 nitrogen and oxygen atoms in total. The first kappa shape index (κ1) is 9.77. The average Bonchev–Trinajstić information content (AvgIpc) is 2.31. The van der Waals surface area contributed by atoms with Crippen LogP contribution in [0.1, 0.15) is 19.5 Å². The van der Waals surface area contributed by atoms with Gasteiger partial charge >= 0.3 is 0 Å². The highest BCUT2D eigenvalue weighted by Crippen LogP contribution is 2.15. The van der Waals surface area contributed by atoms with E-state index in [1.54, 1.807) is 10.9 Å². The van der Waals surface area contributed by atoms with Gasteiger partial charge in [0.25, 0.3) is 6.47 Å². The minimum Gasteiger partial charge on any atom is -0.425 e. The van der Waals surface area contributed by atoms with Gasteiger partial charge in [-0.25, -0.2) is 0 Å². The van der Waals surface area contributed by atoms with Gasteiger partial charge in [0.05, 0.1) is 6.20 Å². The van der Waals surface area contributed by atoms with Gasteiger partial charge in [0, 0.05) is 6.54 Å². The maximum Gasteiger partial charge on any atom is 0.298 e. The molecule has 1 aromatic rings. The highest BCUT2D eigenvalue weighted by Gasteiger charge is 2.06. The number of hydrogen-bond donors (Lipinski definition) is 0. The van der Waals surface area contributed by atoms with E-state index in [0.717, 1.165) is 12.2 Å². The van der Waals surface area contributed by atoms with Crippen LogP contribution in [0.4, 0.5) is 0 Å². The lowest BCUT2D eigenvalue weighted by Gasteiger charge is -2.02. The lowest BCUT2D eigenvalue weighted by Crippen LogP contribution is -2.04. The van der Waals surface area contributed by atoms with Crippen LogP contribution in [-0.2, 0) is 11.3 Å². The summed E-state index contributed by atoms with van der Waals surface area (Å²) in [6.07, 6.45) is 1.74. The quantitative estimate of drug-likeness (QED) is 0.661. The Labute approximate surface area is 77.5 Å². The first-order valence-electron chi connectivity index (χ1n) is 4.28. The molecule has 0 bridgehead atoms. The molecule has 0 unspecified atom stereocenters. The number of rotatable bonds is 4. The van der Waals surface area contributed by atoms with Gasteiger partial charge in [-0.3, -0.25) is 9.48 Å². The molecule has 13 heavy (non-hydrogen) atoms. The largest absolute Gasteiger partial charge is 0.425 e. The third-order valence-corrected chi connectivity index (χ3v) is 1.63. The summed E-state index contributed by atoms with van der Waals surface area (Å²) < 4.78 is 6.53. The number of aromatic nitrogens is 2. The normalized spacial score (nSPS) is 10.5. The molecule has 0 aliphatic heterocycles. The molecule has 0 atom stereocenters. The molecule has 0 spiro atoms. The van der Waals surface area contributed by atoms with Crippen molar-refractivity contribution in [3.8, 4) is 5.75 Å². The van der Waals surface area contributed by atoms with Crippen molar-refractivity contribution in [3.05, 3.63) is 11.9 Å². The van der Waals surface area contributed by atoms with Gasteiger partial charge in [-0.2, -0.15) is 5.10 Å². The second-order valence-electron chi connectivity index (χ2n) is 3.41. The third kappa shape index (κ3) is 2.57. The minimum absolute atomic E-state index is 0.420. The van der Waals surface area contributed by atoms with Crippen molar-refractivity contribution in [1.29, 1.82) is 0 Å². The summed E-state index contributed by atoms with van der Waals surface area (Å²) in [5, 5.41) is 4.20. The van der Waals surface area contributed by atoms with E-state index in [2.05, 4.69) is 18.9 Å². The number of carbonyl (C=O) groups is 1. The Balaban J connectivity index is 2.75. The molecular weight excluding hydrogens is 168 g/mol. The molecule has 0 aliphatic carbocycles. The number of aryl methyl sites for hydroxylation is 1. The molecule has 1 rings (SSSR count). The van der Waals surface area contributed by atoms with E-state index in [1.807, 2.05) is 6.92 Å². The molecule has 0 amide bonds. The van der Waals surface area contributed by atoms with Crippen molar-refractivity contribution in [2.75, 3.05) is 0 Å². The maximum atomic E-state index is 10.1. The molecule has 0 radical (unpaired) electrons. The summed E-state index contributed by atoms with van der Waals surface area (Å²) in [6, 6.07) is 0. The number of ether oxygens (including phenoxy) is 1. The molecule has 0 aliphatic rings. The fourth-order valence-corrected chi connectivity index (χ4v) is 1.13. The molecule has 0 saturated heterocycles. The van der Waals surface area contributed by atoms with E-state index in [1.165, 1.54) is 0 Å². The molecular formula is C9H14N2O2. The van der Waals surface area contributed by atoms with E-state index in [0.29, 0.717) is 18.1 Å². The van der Waals surface area contributed by atoms with Crippen LogP contribution in [-0.4, -0.2) is 16.3 Å². The summed E-state index contributed by atoms with van der Waals surface area (Å²) in [6.45, 7) is 7.29. The Morgan fingerprint density at radius 3 is 2.92 bits per heavy atom. The van der Waals surface area contributed by atoms with Gasteiger partial charge in [0.2, 0.25) is 0 Å². The summed E-state index contributed by atoms with van der Waals surface area (Å²) in [5.74, 6) is 1.07. The van der Waals surface area contributed by atoms with Crippen LogP contribution < -0.4 is 4.74 Å². The zero-order valence-electron chi connectivity index (χ0n) is 8.15. The van der Waals surface area contributed by atoms with Crippen LogP contribution in [0.3, 0.4) is 0 Å². The lowest BCUT2D eigenvalue weighted by molar-refractivity contribution is -0.120. The zero-order valence-corrected chi connectivity index (χ0v) is 8.15. The Kier molecular flexibility index (Phi) is 3.06. The zero-order chi connectivity index (χ0) is 9.84. The van der Waals surface area contributed by atoms with Crippen molar-refractivity contribution >= 4 is 6.47 Å². The van der Waals surface area contributed by atoms with Crippen LogP contribution in [0.25, 0.3) is 0 Å². The molecule has 72 valence electrons. The van der Waals surface area contributed by atoms with Crippen molar-refractivity contribution < 1.29 is 9.53 Å². The maximum absolute atomic E-state index is 10.1. The Bertz CT molecular complexity index is 292. The monoisotopic (exact) mass is 182 g/mol. The first-order chi connectivity index (χ1) is 6.13. The van der Waals surface area contributed by atoms with Gasteiger partial charge < -0.3 is 4.74 Å². The lowest BCUT2D eigenvalue weighted by atomic mass is 10.2. The Hall–Kier alpha value is -1.32. The van der Waals surface area contributed by atoms with Crippen molar-refractivity contribution in [3.63, 3.8) is 0 Å². The predicted octanol–water partition coefficient (Wildman–Crippen LogP) is 1.38. The molecule has 0 saturated carbocycles. The van der Waals surface area contributed by atoms with Crippen molar-refractivity contribution in [2.24, 2.45) is 5.92 Å². The highest BCUT2D eigenvalue weighted by atomic mass is 16.5. The molecule has 0 aromatic carbocycles. The SMILES string of the molecule is Cc1nn(CC(C)C)cc1OC=O. The van der Waals surface area contributed by atoms with Crippen LogP contribution in [0.15, 0.2) is 6.20 Å². The van der Waals surface area contributed by atoms with E-state index in [4.69, 9.17) is 4.74 Å². The first-order valence-corrected chi connectivity index (χ1v) is 4.28. The average molecular weight is 182 g/mol. The highest BCUT2D eigenvalue weighted by molar-refractivity contribution is 5.45. The Morgan fingerprint density at radius 1 is 1.69 bits per heavy atom. The van der Waals surface area contributed by atoms with E-state index < -0.39 is 0 Å². The molecule has 1 aromatic heterocycles. The minimum atomic E-state index is 0.420. The summed E-state index contributed by atoms with van der Waals surface area (Å²) >= 11 is 0. The third-order valence-electron chi connectivity index (χ3n) is 1.63. The van der Waals surface area contributed by atoms with Crippen LogP contribution in [0.2, 0.25) is 0 Å². The van der Waals surface area contributed by atoms with Gasteiger partial charge in [-0.05, 0) is 12.8 Å². The summed E-state index contributed by atoms with van der Waals surface area (Å²) in [7, 11) is 0. The van der Waals surface area contributed by atoms with E-state index in [-0.39, 0.29) is 0 Å². The smallest absolute Gasteiger partial charge is 0.298 e. The van der Waals surface area contributed by atoms with Gasteiger partial charge in [0.1, 0.15) is 5.69 Å². The fraction of sp³-hybridized carbons (Fsp3) is 0.556. The van der Waals surface area contributed by atoms with Crippen LogP contribution in [0, 0.1) is 12.8 Å². The van der Waals surface area contributed by atoms with Crippen LogP contribution >= 0.6 is 0 Å². The summed E-state index contributed by atoms with van der Waals surface area (Å²) in [4.78, 5) is 10.1. The van der Waals surface area contributed by atoms with Gasteiger partial charge in [-0.1, -0.05) is 13.8 Å². The van der Waals surface area contributed by atoms with E-state index >= 15 is 0 Å². The predicted molar refractivity (Wildman–Crippen MR) is 48.5 cm³/mol. The van der Waals surface area contributed by atoms with E-state index in [9.17, 15) is 4.79 Å². The Morgan fingerprint density at radius 2 is 2.38 bits per heavy atom. The fourth-order valence-electron chi connectivity index (χ4n) is 1.13. The molecule has 4 heteroatoms. The number of hydrogen-bond acceptors (Lipinski definition) is 3.